The highest BCUT2D eigenvalue weighted by molar-refractivity contribution is 6.31. The quantitative estimate of drug-likeness (QED) is 0.761. The molecule has 0 radical (unpaired) electrons. The maximum absolute atomic E-state index is 12.2. The Morgan fingerprint density at radius 3 is 2.32 bits per heavy atom. The van der Waals surface area contributed by atoms with Gasteiger partial charge in [0, 0.05) is 11.1 Å². The van der Waals surface area contributed by atoms with Crippen LogP contribution in [0.15, 0.2) is 54.6 Å². The minimum absolute atomic E-state index is 0.0589. The second-order valence-electron chi connectivity index (χ2n) is 6.04. The number of Topliss-reactive ketones (excluding diaryl/α,β-unsaturated/α-hetero) is 1. The zero-order chi connectivity index (χ0) is 18.2. The zero-order valence-electron chi connectivity index (χ0n) is 14.5. The van der Waals surface area contributed by atoms with Crippen molar-refractivity contribution in [3.63, 3.8) is 0 Å². The second kappa shape index (κ2) is 9.35. The van der Waals surface area contributed by atoms with Gasteiger partial charge in [0.25, 0.3) is 0 Å². The number of hydrogen-bond acceptors (Lipinski definition) is 3. The topological polar surface area (TPSA) is 58.2 Å². The first-order valence-electron chi connectivity index (χ1n) is 8.29. The molecule has 4 nitrogen and oxygen atoms in total. The number of ketones is 1. The summed E-state index contributed by atoms with van der Waals surface area (Å²) in [7, 11) is 0. The average molecular weight is 359 g/mol. The molecule has 0 aliphatic carbocycles. The van der Waals surface area contributed by atoms with Gasteiger partial charge in [-0.3, -0.25) is 9.59 Å². The average Bonchev–Trinajstić information content (AvgIpc) is 2.60. The predicted octanol–water partition coefficient (Wildman–Crippen LogP) is 3.31. The van der Waals surface area contributed by atoms with E-state index in [4.69, 9.17) is 11.6 Å². The van der Waals surface area contributed by atoms with E-state index in [9.17, 15) is 9.59 Å². The Morgan fingerprint density at radius 2 is 1.68 bits per heavy atom. The standard InChI is InChI=1S/C20H23ClN2O2/c1-14(17-10-6-7-11-18(17)21)22-13-20(25)23-19(15(2)24)12-16-8-4-3-5-9-16/h3-11,14,19,22H,12-13H2,1-2H3,(H,23,25)/t14-,19-/m0/s1. The summed E-state index contributed by atoms with van der Waals surface area (Å²) in [5.41, 5.74) is 1.95. The lowest BCUT2D eigenvalue weighted by molar-refractivity contribution is -0.126. The number of amides is 1. The number of rotatable bonds is 8. The molecule has 0 saturated carbocycles. The van der Waals surface area contributed by atoms with Gasteiger partial charge in [-0.15, -0.1) is 0 Å². The van der Waals surface area contributed by atoms with Crippen LogP contribution in [0.1, 0.15) is 31.0 Å². The summed E-state index contributed by atoms with van der Waals surface area (Å²) in [6, 6.07) is 16.6. The van der Waals surface area contributed by atoms with E-state index >= 15 is 0 Å². The fourth-order valence-corrected chi connectivity index (χ4v) is 2.87. The Hall–Kier alpha value is -2.17. The van der Waals surface area contributed by atoms with E-state index in [0.717, 1.165) is 11.1 Å². The number of carbonyl (C=O) groups excluding carboxylic acids is 2. The summed E-state index contributed by atoms with van der Waals surface area (Å²) >= 11 is 6.17. The van der Waals surface area contributed by atoms with Gasteiger partial charge in [0.05, 0.1) is 12.6 Å². The Morgan fingerprint density at radius 1 is 1.04 bits per heavy atom. The van der Waals surface area contributed by atoms with Crippen molar-refractivity contribution in [2.75, 3.05) is 6.54 Å². The zero-order valence-corrected chi connectivity index (χ0v) is 15.2. The van der Waals surface area contributed by atoms with Crippen molar-refractivity contribution in [1.29, 1.82) is 0 Å². The van der Waals surface area contributed by atoms with Gasteiger partial charge in [0.2, 0.25) is 5.91 Å². The van der Waals surface area contributed by atoms with E-state index in [0.29, 0.717) is 11.4 Å². The lowest BCUT2D eigenvalue weighted by atomic mass is 10.0. The van der Waals surface area contributed by atoms with E-state index in [2.05, 4.69) is 10.6 Å². The van der Waals surface area contributed by atoms with Crippen LogP contribution in [0.4, 0.5) is 0 Å². The van der Waals surface area contributed by atoms with Crippen LogP contribution < -0.4 is 10.6 Å². The molecule has 0 fully saturated rings. The van der Waals surface area contributed by atoms with Crippen LogP contribution in [0.3, 0.4) is 0 Å². The molecule has 2 atom stereocenters. The number of halogens is 1. The molecule has 1 amide bonds. The van der Waals surface area contributed by atoms with Gasteiger partial charge in [-0.25, -0.2) is 0 Å². The molecule has 2 N–H and O–H groups in total. The largest absolute Gasteiger partial charge is 0.345 e. The summed E-state index contributed by atoms with van der Waals surface area (Å²) in [6.45, 7) is 3.56. The minimum Gasteiger partial charge on any atom is -0.345 e. The van der Waals surface area contributed by atoms with E-state index in [-0.39, 0.29) is 24.3 Å². The first-order chi connectivity index (χ1) is 12.0. The van der Waals surface area contributed by atoms with Crippen molar-refractivity contribution in [2.45, 2.75) is 32.4 Å². The molecule has 0 saturated heterocycles. The van der Waals surface area contributed by atoms with Crippen LogP contribution in [0, 0.1) is 0 Å². The maximum atomic E-state index is 12.2. The Bertz CT molecular complexity index is 719. The third kappa shape index (κ3) is 6.00. The minimum atomic E-state index is -0.521. The van der Waals surface area contributed by atoms with Crippen LogP contribution >= 0.6 is 11.6 Å². The second-order valence-corrected chi connectivity index (χ2v) is 6.45. The molecule has 2 rings (SSSR count). The van der Waals surface area contributed by atoms with Crippen LogP contribution in [-0.2, 0) is 16.0 Å². The highest BCUT2D eigenvalue weighted by Crippen LogP contribution is 2.21. The maximum Gasteiger partial charge on any atom is 0.234 e. The molecule has 0 unspecified atom stereocenters. The molecule has 5 heteroatoms. The lowest BCUT2D eigenvalue weighted by Crippen LogP contribution is -2.45. The first kappa shape index (κ1) is 19.2. The molecule has 0 aliphatic rings. The third-order valence-electron chi connectivity index (χ3n) is 4.05. The van der Waals surface area contributed by atoms with Gasteiger partial charge >= 0.3 is 0 Å². The van der Waals surface area contributed by atoms with Gasteiger partial charge in [0.15, 0.2) is 5.78 Å². The molecule has 0 heterocycles. The summed E-state index contributed by atoms with van der Waals surface area (Å²) in [6.07, 6.45) is 0.488. The molecule has 0 spiro atoms. The highest BCUT2D eigenvalue weighted by Gasteiger charge is 2.18. The van der Waals surface area contributed by atoms with E-state index < -0.39 is 6.04 Å². The molecule has 25 heavy (non-hydrogen) atoms. The van der Waals surface area contributed by atoms with Gasteiger partial charge in [-0.05, 0) is 37.5 Å². The van der Waals surface area contributed by atoms with Gasteiger partial charge in [-0.1, -0.05) is 60.1 Å². The Balaban J connectivity index is 1.89. The molecule has 0 bridgehead atoms. The van der Waals surface area contributed by atoms with Gasteiger partial charge in [-0.2, -0.15) is 0 Å². The van der Waals surface area contributed by atoms with Crippen LogP contribution in [-0.4, -0.2) is 24.3 Å². The van der Waals surface area contributed by atoms with E-state index in [1.165, 1.54) is 6.92 Å². The first-order valence-corrected chi connectivity index (χ1v) is 8.66. The summed E-state index contributed by atoms with van der Waals surface area (Å²) in [5.74, 6) is -0.272. The highest BCUT2D eigenvalue weighted by atomic mass is 35.5. The summed E-state index contributed by atoms with van der Waals surface area (Å²) in [4.78, 5) is 24.0. The molecule has 2 aromatic carbocycles. The monoisotopic (exact) mass is 358 g/mol. The van der Waals surface area contributed by atoms with Crippen molar-refractivity contribution < 1.29 is 9.59 Å². The predicted molar refractivity (Wildman–Crippen MR) is 101 cm³/mol. The van der Waals surface area contributed by atoms with Crippen molar-refractivity contribution in [3.8, 4) is 0 Å². The summed E-state index contributed by atoms with van der Waals surface area (Å²) in [5, 5.41) is 6.60. The normalized spacial score (nSPS) is 13.1. The van der Waals surface area contributed by atoms with Crippen LogP contribution in [0.2, 0.25) is 5.02 Å². The number of carbonyl (C=O) groups is 2. The Kier molecular flexibility index (Phi) is 7.16. The SMILES string of the molecule is CC(=O)[C@H](Cc1ccccc1)NC(=O)CN[C@@H](C)c1ccccc1Cl. The number of benzene rings is 2. The molecule has 0 aliphatic heterocycles. The molecule has 0 aromatic heterocycles. The molecular weight excluding hydrogens is 336 g/mol. The van der Waals surface area contributed by atoms with Crippen molar-refractivity contribution >= 4 is 23.3 Å². The number of nitrogens with one attached hydrogen (secondary N) is 2. The number of hydrogen-bond donors (Lipinski definition) is 2. The molecule has 132 valence electrons. The van der Waals surface area contributed by atoms with Gasteiger partial charge < -0.3 is 10.6 Å². The fraction of sp³-hybridized carbons (Fsp3) is 0.300. The summed E-state index contributed by atoms with van der Waals surface area (Å²) < 4.78 is 0. The lowest BCUT2D eigenvalue weighted by Gasteiger charge is -2.19. The van der Waals surface area contributed by atoms with Crippen LogP contribution in [0.5, 0.6) is 0 Å². The Labute approximate surface area is 153 Å². The van der Waals surface area contributed by atoms with Crippen molar-refractivity contribution in [1.82, 2.24) is 10.6 Å². The molecule has 2 aromatic rings. The third-order valence-corrected chi connectivity index (χ3v) is 4.39. The fourth-order valence-electron chi connectivity index (χ4n) is 2.57. The van der Waals surface area contributed by atoms with Crippen LogP contribution in [0.25, 0.3) is 0 Å². The van der Waals surface area contributed by atoms with Crippen molar-refractivity contribution in [2.24, 2.45) is 0 Å². The van der Waals surface area contributed by atoms with E-state index in [1.54, 1.807) is 0 Å². The smallest absolute Gasteiger partial charge is 0.234 e. The van der Waals surface area contributed by atoms with Crippen molar-refractivity contribution in [3.05, 3.63) is 70.7 Å². The van der Waals surface area contributed by atoms with Gasteiger partial charge in [0.1, 0.15) is 0 Å². The van der Waals surface area contributed by atoms with E-state index in [1.807, 2.05) is 61.5 Å². The molecular formula is C20H23ClN2O2.